The topological polar surface area (TPSA) is 62.7 Å². The predicted octanol–water partition coefficient (Wildman–Crippen LogP) is 2.66. The first-order valence-corrected chi connectivity index (χ1v) is 8.89. The number of pyridine rings is 1. The number of nitrogens with zero attached hydrogens (tertiary/aromatic N) is 3. The van der Waals surface area contributed by atoms with E-state index in [-0.39, 0.29) is 0 Å². The number of fused-ring (bicyclic) bond motifs is 1. The van der Waals surface area contributed by atoms with Crippen molar-refractivity contribution < 1.29 is 9.57 Å². The van der Waals surface area contributed by atoms with Crippen molar-refractivity contribution in [3.63, 3.8) is 0 Å². The maximum atomic E-state index is 5.67. The lowest BCUT2D eigenvalue weighted by molar-refractivity contribution is 0.0212. The van der Waals surface area contributed by atoms with Crippen LogP contribution in [-0.4, -0.2) is 60.0 Å². The number of hydrogen-bond acceptors (Lipinski definition) is 5. The summed E-state index contributed by atoms with van der Waals surface area (Å²) in [6.07, 6.45) is 3.61. The van der Waals surface area contributed by atoms with Crippen LogP contribution in [0.3, 0.4) is 0 Å². The Hall–Kier alpha value is -2.70. The molecule has 1 N–H and O–H groups in total. The zero-order chi connectivity index (χ0) is 17.6. The monoisotopic (exact) mass is 350 g/mol. The van der Waals surface area contributed by atoms with Crippen LogP contribution in [0.25, 0.3) is 10.9 Å². The number of oxime groups is 1. The first-order chi connectivity index (χ1) is 12.9. The molecule has 0 spiro atoms. The summed E-state index contributed by atoms with van der Waals surface area (Å²) in [5, 5.41) is 5.55. The second-order valence-corrected chi connectivity index (χ2v) is 6.24. The van der Waals surface area contributed by atoms with E-state index in [1.807, 2.05) is 42.6 Å². The van der Waals surface area contributed by atoms with Crippen molar-refractivity contribution in [3.05, 3.63) is 66.1 Å². The van der Waals surface area contributed by atoms with Crippen LogP contribution in [0.2, 0.25) is 0 Å². The quantitative estimate of drug-likeness (QED) is 0.422. The van der Waals surface area contributed by atoms with Crippen LogP contribution in [0.1, 0.15) is 11.3 Å². The molecule has 0 amide bonds. The molecule has 0 bridgehead atoms. The van der Waals surface area contributed by atoms with Crippen LogP contribution in [0, 0.1) is 0 Å². The van der Waals surface area contributed by atoms with Gasteiger partial charge in [0.1, 0.15) is 12.3 Å². The number of benzene rings is 1. The predicted molar refractivity (Wildman–Crippen MR) is 101 cm³/mol. The van der Waals surface area contributed by atoms with Gasteiger partial charge in [0.15, 0.2) is 0 Å². The van der Waals surface area contributed by atoms with Gasteiger partial charge in [-0.15, -0.1) is 0 Å². The summed E-state index contributed by atoms with van der Waals surface area (Å²) < 4.78 is 5.37. The van der Waals surface area contributed by atoms with Crippen molar-refractivity contribution in [2.45, 2.75) is 0 Å². The fourth-order valence-corrected chi connectivity index (χ4v) is 3.06. The molecule has 0 atom stereocenters. The molecule has 0 unspecified atom stereocenters. The summed E-state index contributed by atoms with van der Waals surface area (Å²) in [4.78, 5) is 15.6. The van der Waals surface area contributed by atoms with Gasteiger partial charge in [-0.05, 0) is 12.1 Å². The number of morpholine rings is 1. The summed E-state index contributed by atoms with van der Waals surface area (Å²) in [6, 6.07) is 14.1. The second kappa shape index (κ2) is 8.12. The fraction of sp³-hybridized carbons (Fsp3) is 0.300. The van der Waals surface area contributed by atoms with Crippen LogP contribution in [0.4, 0.5) is 0 Å². The normalized spacial score (nSPS) is 16.1. The molecular formula is C20H22N4O2. The van der Waals surface area contributed by atoms with Gasteiger partial charge in [-0.2, -0.15) is 0 Å². The van der Waals surface area contributed by atoms with Crippen molar-refractivity contribution in [1.29, 1.82) is 0 Å². The minimum Gasteiger partial charge on any atom is -0.394 e. The van der Waals surface area contributed by atoms with Crippen molar-refractivity contribution in [2.24, 2.45) is 5.16 Å². The highest BCUT2D eigenvalue weighted by Gasteiger charge is 2.12. The zero-order valence-corrected chi connectivity index (χ0v) is 14.6. The highest BCUT2D eigenvalue weighted by Crippen LogP contribution is 2.17. The highest BCUT2D eigenvalue weighted by atomic mass is 16.6. The highest BCUT2D eigenvalue weighted by molar-refractivity contribution is 6.13. The molecule has 6 heteroatoms. The van der Waals surface area contributed by atoms with Crippen LogP contribution in [0.5, 0.6) is 0 Å². The van der Waals surface area contributed by atoms with Crippen molar-refractivity contribution in [1.82, 2.24) is 14.9 Å². The average Bonchev–Trinajstić information content (AvgIpc) is 3.13. The lowest BCUT2D eigenvalue weighted by Crippen LogP contribution is -2.38. The molecule has 2 aromatic heterocycles. The summed E-state index contributed by atoms with van der Waals surface area (Å²) in [5.74, 6) is 0. The van der Waals surface area contributed by atoms with Gasteiger partial charge in [0.25, 0.3) is 0 Å². The van der Waals surface area contributed by atoms with Crippen molar-refractivity contribution >= 4 is 16.6 Å². The number of nitrogens with one attached hydrogen (secondary N) is 1. The third-order valence-corrected chi connectivity index (χ3v) is 4.48. The number of rotatable bonds is 6. The van der Waals surface area contributed by atoms with Crippen LogP contribution in [-0.2, 0) is 9.57 Å². The molecule has 0 aliphatic carbocycles. The molecule has 0 radical (unpaired) electrons. The molecule has 1 aliphatic heterocycles. The third-order valence-electron chi connectivity index (χ3n) is 4.48. The van der Waals surface area contributed by atoms with E-state index in [2.05, 4.69) is 26.1 Å². The first kappa shape index (κ1) is 16.8. The molecule has 1 aliphatic rings. The Labute approximate surface area is 152 Å². The molecule has 4 rings (SSSR count). The lowest BCUT2D eigenvalue weighted by atomic mass is 10.1. The fourth-order valence-electron chi connectivity index (χ4n) is 3.06. The number of H-pyrrole nitrogens is 1. The van der Waals surface area contributed by atoms with Gasteiger partial charge in [0, 0.05) is 36.8 Å². The van der Waals surface area contributed by atoms with Crippen LogP contribution >= 0.6 is 0 Å². The summed E-state index contributed by atoms with van der Waals surface area (Å²) in [5.41, 5.74) is 3.71. The summed E-state index contributed by atoms with van der Waals surface area (Å²) >= 11 is 0. The maximum absolute atomic E-state index is 5.67. The van der Waals surface area contributed by atoms with E-state index >= 15 is 0 Å². The summed E-state index contributed by atoms with van der Waals surface area (Å²) in [6.45, 7) is 4.90. The molecule has 1 aromatic carbocycles. The number of aromatic nitrogens is 2. The first-order valence-electron chi connectivity index (χ1n) is 8.89. The Morgan fingerprint density at radius 2 is 2.04 bits per heavy atom. The molecule has 3 aromatic rings. The molecule has 26 heavy (non-hydrogen) atoms. The Kier molecular flexibility index (Phi) is 5.23. The van der Waals surface area contributed by atoms with Gasteiger partial charge in [0.2, 0.25) is 0 Å². The van der Waals surface area contributed by atoms with Crippen LogP contribution < -0.4 is 0 Å². The lowest BCUT2D eigenvalue weighted by Gasteiger charge is -2.25. The summed E-state index contributed by atoms with van der Waals surface area (Å²) in [7, 11) is 0. The van der Waals surface area contributed by atoms with Gasteiger partial charge in [-0.25, -0.2) is 0 Å². The Bertz CT molecular complexity index is 837. The van der Waals surface area contributed by atoms with Crippen molar-refractivity contribution in [3.8, 4) is 0 Å². The molecule has 3 heterocycles. The van der Waals surface area contributed by atoms with Gasteiger partial charge in [0.05, 0.1) is 30.6 Å². The van der Waals surface area contributed by atoms with Gasteiger partial charge < -0.3 is 14.6 Å². The second-order valence-electron chi connectivity index (χ2n) is 6.24. The molecular weight excluding hydrogens is 328 g/mol. The van der Waals surface area contributed by atoms with E-state index in [9.17, 15) is 0 Å². The van der Waals surface area contributed by atoms with Crippen LogP contribution in [0.15, 0.2) is 60.0 Å². The van der Waals surface area contributed by atoms with E-state index in [4.69, 9.17) is 9.57 Å². The zero-order valence-electron chi connectivity index (χ0n) is 14.6. The Morgan fingerprint density at radius 1 is 1.19 bits per heavy atom. The van der Waals surface area contributed by atoms with Gasteiger partial charge >= 0.3 is 0 Å². The van der Waals surface area contributed by atoms with E-state index in [1.165, 1.54) is 0 Å². The minimum atomic E-state index is 0.554. The van der Waals surface area contributed by atoms with Crippen molar-refractivity contribution in [2.75, 3.05) is 39.5 Å². The SMILES string of the molecule is c1ccc(/C(=N\OCCN2CCOCC2)c2cc3ccncc3[nH]2)cc1. The number of hydrogen-bond donors (Lipinski definition) is 1. The van der Waals surface area contributed by atoms with E-state index < -0.39 is 0 Å². The van der Waals surface area contributed by atoms with E-state index in [1.54, 1.807) is 6.20 Å². The third kappa shape index (κ3) is 3.92. The smallest absolute Gasteiger partial charge is 0.133 e. The minimum absolute atomic E-state index is 0.554. The molecule has 134 valence electrons. The molecule has 1 fully saturated rings. The van der Waals surface area contributed by atoms with E-state index in [0.29, 0.717) is 6.61 Å². The average molecular weight is 350 g/mol. The Morgan fingerprint density at radius 3 is 2.85 bits per heavy atom. The molecule has 0 saturated carbocycles. The van der Waals surface area contributed by atoms with Gasteiger partial charge in [-0.3, -0.25) is 9.88 Å². The maximum Gasteiger partial charge on any atom is 0.133 e. The molecule has 1 saturated heterocycles. The van der Waals surface area contributed by atoms with E-state index in [0.717, 1.165) is 60.7 Å². The number of aromatic amines is 1. The Balaban J connectivity index is 1.52. The standard InChI is InChI=1S/C20H22N4O2/c1-2-4-16(5-3-1)20(18-14-17-6-7-21-15-19(17)22-18)23-26-13-10-24-8-11-25-12-9-24/h1-7,14-15,22H,8-13H2/b23-20+. The van der Waals surface area contributed by atoms with Gasteiger partial charge in [-0.1, -0.05) is 35.5 Å². The largest absolute Gasteiger partial charge is 0.394 e. The molecule has 6 nitrogen and oxygen atoms in total. The number of ether oxygens (including phenoxy) is 1.